The number of esters is 1. The van der Waals surface area contributed by atoms with Gasteiger partial charge in [-0.2, -0.15) is 0 Å². The molecule has 0 N–H and O–H groups in total. The highest BCUT2D eigenvalue weighted by Crippen LogP contribution is 2.39. The van der Waals surface area contributed by atoms with Gasteiger partial charge in [0, 0.05) is 6.42 Å². The maximum Gasteiger partial charge on any atom is 0.573 e. The quantitative estimate of drug-likeness (QED) is 0.279. The van der Waals surface area contributed by atoms with Crippen LogP contribution in [0.5, 0.6) is 5.75 Å². The Morgan fingerprint density at radius 3 is 2.19 bits per heavy atom. The van der Waals surface area contributed by atoms with Crippen LogP contribution in [0.1, 0.15) is 63.0 Å². The maximum atomic E-state index is 15.3. The molecule has 0 atom stereocenters. The van der Waals surface area contributed by atoms with Crippen LogP contribution >= 0.6 is 0 Å². The molecular formula is C27H25F7O3. The van der Waals surface area contributed by atoms with E-state index in [9.17, 15) is 31.1 Å². The number of carbonyl (C=O) groups is 1. The Hall–Kier alpha value is -3.04. The number of rotatable bonds is 6. The van der Waals surface area contributed by atoms with Crippen molar-refractivity contribution in [3.63, 3.8) is 0 Å². The standard InChI is InChI=1S/C27H25F7O3/c1-2-3-14-4-6-15(7-5-14)26(35)36-18-8-9-19-16(10-18)11-20(28)23(24(19)31)17-12-21(29)25(22(30)13-17)37-27(32,33)34/h10-15H,2-9H2,1H3. The highest BCUT2D eigenvalue weighted by molar-refractivity contribution is 5.76. The van der Waals surface area contributed by atoms with Gasteiger partial charge in [0.2, 0.25) is 5.75 Å². The molecule has 2 aliphatic carbocycles. The summed E-state index contributed by atoms with van der Waals surface area (Å²) in [7, 11) is 0. The van der Waals surface area contributed by atoms with E-state index >= 15 is 4.39 Å². The molecule has 10 heteroatoms. The number of benzene rings is 2. The van der Waals surface area contributed by atoms with Gasteiger partial charge < -0.3 is 9.47 Å². The summed E-state index contributed by atoms with van der Waals surface area (Å²) in [5, 5.41) is 0. The summed E-state index contributed by atoms with van der Waals surface area (Å²) in [6.45, 7) is 2.13. The smallest absolute Gasteiger partial charge is 0.431 e. The molecule has 0 amide bonds. The number of halogens is 7. The number of hydrogen-bond acceptors (Lipinski definition) is 3. The van der Waals surface area contributed by atoms with Gasteiger partial charge in [0.15, 0.2) is 11.6 Å². The number of fused-ring (bicyclic) bond motifs is 1. The van der Waals surface area contributed by atoms with Crippen molar-refractivity contribution >= 4 is 12.0 Å². The topological polar surface area (TPSA) is 35.5 Å². The zero-order chi connectivity index (χ0) is 26.9. The molecule has 1 saturated carbocycles. The van der Waals surface area contributed by atoms with E-state index in [0.717, 1.165) is 44.6 Å². The molecule has 0 saturated heterocycles. The van der Waals surface area contributed by atoms with E-state index in [1.54, 1.807) is 0 Å². The third kappa shape index (κ3) is 6.10. The molecule has 4 rings (SSSR count). The van der Waals surface area contributed by atoms with Crippen LogP contribution in [-0.4, -0.2) is 12.3 Å². The first kappa shape index (κ1) is 27.0. The lowest BCUT2D eigenvalue weighted by molar-refractivity contribution is -0.276. The molecule has 200 valence electrons. The average molecular weight is 530 g/mol. The molecule has 37 heavy (non-hydrogen) atoms. The Morgan fingerprint density at radius 1 is 0.946 bits per heavy atom. The molecule has 0 unspecified atom stereocenters. The Balaban J connectivity index is 1.55. The summed E-state index contributed by atoms with van der Waals surface area (Å²) in [5.74, 6) is -7.23. The molecule has 2 aromatic carbocycles. The summed E-state index contributed by atoms with van der Waals surface area (Å²) in [6, 6.07) is 1.69. The Bertz CT molecular complexity index is 1190. The number of ether oxygens (including phenoxy) is 2. The molecular weight excluding hydrogens is 505 g/mol. The van der Waals surface area contributed by atoms with E-state index in [0.29, 0.717) is 18.1 Å². The van der Waals surface area contributed by atoms with E-state index in [1.807, 2.05) is 0 Å². The fourth-order valence-electron chi connectivity index (χ4n) is 5.13. The van der Waals surface area contributed by atoms with E-state index in [4.69, 9.17) is 4.74 Å². The van der Waals surface area contributed by atoms with Crippen molar-refractivity contribution in [1.82, 2.24) is 0 Å². The normalized spacial score (nSPS) is 19.7. The molecule has 2 aliphatic rings. The van der Waals surface area contributed by atoms with Crippen LogP contribution in [0.3, 0.4) is 0 Å². The second-order valence-corrected chi connectivity index (χ2v) is 9.47. The highest BCUT2D eigenvalue weighted by atomic mass is 19.4. The predicted octanol–water partition coefficient (Wildman–Crippen LogP) is 8.25. The van der Waals surface area contributed by atoms with Crippen molar-refractivity contribution in [2.24, 2.45) is 11.8 Å². The molecule has 0 heterocycles. The van der Waals surface area contributed by atoms with Gasteiger partial charge in [-0.05, 0) is 79.0 Å². The molecule has 3 nitrogen and oxygen atoms in total. The molecule has 2 aromatic rings. The second kappa shape index (κ2) is 10.8. The zero-order valence-electron chi connectivity index (χ0n) is 20.0. The van der Waals surface area contributed by atoms with Crippen molar-refractivity contribution in [3.05, 3.63) is 58.4 Å². The number of carbonyl (C=O) groups excluding carboxylic acids is 1. The van der Waals surface area contributed by atoms with Crippen LogP contribution in [0.4, 0.5) is 30.7 Å². The predicted molar refractivity (Wildman–Crippen MR) is 121 cm³/mol. The van der Waals surface area contributed by atoms with Crippen molar-refractivity contribution in [2.75, 3.05) is 0 Å². The van der Waals surface area contributed by atoms with Gasteiger partial charge in [-0.25, -0.2) is 17.6 Å². The molecule has 0 radical (unpaired) electrons. The summed E-state index contributed by atoms with van der Waals surface area (Å²) in [5.41, 5.74) is -1.26. The van der Waals surface area contributed by atoms with Crippen LogP contribution in [0.25, 0.3) is 17.2 Å². The van der Waals surface area contributed by atoms with Crippen LogP contribution in [-0.2, 0) is 16.0 Å². The first-order valence-corrected chi connectivity index (χ1v) is 12.1. The minimum Gasteiger partial charge on any atom is -0.431 e. The van der Waals surface area contributed by atoms with Gasteiger partial charge >= 0.3 is 12.3 Å². The van der Waals surface area contributed by atoms with E-state index in [1.165, 1.54) is 6.08 Å². The van der Waals surface area contributed by atoms with Crippen LogP contribution < -0.4 is 4.74 Å². The highest BCUT2D eigenvalue weighted by Gasteiger charge is 2.35. The molecule has 0 spiro atoms. The van der Waals surface area contributed by atoms with E-state index in [-0.39, 0.29) is 41.6 Å². The van der Waals surface area contributed by atoms with Crippen molar-refractivity contribution < 1.29 is 45.0 Å². The summed E-state index contributed by atoms with van der Waals surface area (Å²) in [6.07, 6.45) is 1.79. The number of hydrogen-bond donors (Lipinski definition) is 0. The van der Waals surface area contributed by atoms with Gasteiger partial charge in [-0.15, -0.1) is 13.2 Å². The lowest BCUT2D eigenvalue weighted by atomic mass is 9.80. The van der Waals surface area contributed by atoms with E-state index < -0.39 is 46.5 Å². The van der Waals surface area contributed by atoms with E-state index in [2.05, 4.69) is 11.7 Å². The maximum absolute atomic E-state index is 15.3. The van der Waals surface area contributed by atoms with Crippen LogP contribution in [0, 0.1) is 35.1 Å². The number of alkyl halides is 3. The van der Waals surface area contributed by atoms with Crippen LogP contribution in [0.15, 0.2) is 24.0 Å². The molecule has 0 aromatic heterocycles. The average Bonchev–Trinajstić information content (AvgIpc) is 2.81. The second-order valence-electron chi connectivity index (χ2n) is 9.47. The third-order valence-electron chi connectivity index (χ3n) is 6.91. The first-order valence-electron chi connectivity index (χ1n) is 12.1. The molecule has 0 aliphatic heterocycles. The Labute approximate surface area is 209 Å². The largest absolute Gasteiger partial charge is 0.573 e. The minimum absolute atomic E-state index is 0.0248. The van der Waals surface area contributed by atoms with Gasteiger partial charge in [-0.1, -0.05) is 19.8 Å². The third-order valence-corrected chi connectivity index (χ3v) is 6.91. The minimum atomic E-state index is -5.35. The van der Waals surface area contributed by atoms with Gasteiger partial charge in [0.05, 0.1) is 11.5 Å². The zero-order valence-corrected chi connectivity index (χ0v) is 20.0. The monoisotopic (exact) mass is 530 g/mol. The van der Waals surface area contributed by atoms with Gasteiger partial charge in [0.25, 0.3) is 0 Å². The molecule has 0 bridgehead atoms. The lowest BCUT2D eigenvalue weighted by Gasteiger charge is -2.27. The SMILES string of the molecule is CCCC1CCC(C(=O)OC2=Cc3cc(F)c(-c4cc(F)c(OC(F)(F)F)c(F)c4)c(F)c3CC2)CC1. The Kier molecular flexibility index (Phi) is 7.85. The Morgan fingerprint density at radius 2 is 1.59 bits per heavy atom. The lowest BCUT2D eigenvalue weighted by Crippen LogP contribution is -2.24. The van der Waals surface area contributed by atoms with Crippen molar-refractivity contribution in [2.45, 2.75) is 64.7 Å². The number of allylic oxidation sites excluding steroid dienone is 1. The summed E-state index contributed by atoms with van der Waals surface area (Å²) < 4.78 is 105. The van der Waals surface area contributed by atoms with Gasteiger partial charge in [0.1, 0.15) is 17.4 Å². The first-order chi connectivity index (χ1) is 17.5. The molecule has 1 fully saturated rings. The van der Waals surface area contributed by atoms with Crippen molar-refractivity contribution in [1.29, 1.82) is 0 Å². The fraction of sp³-hybridized carbons (Fsp3) is 0.444. The fourth-order valence-corrected chi connectivity index (χ4v) is 5.13. The van der Waals surface area contributed by atoms with Crippen LogP contribution in [0.2, 0.25) is 0 Å². The summed E-state index contributed by atoms with van der Waals surface area (Å²) >= 11 is 0. The van der Waals surface area contributed by atoms with Crippen molar-refractivity contribution in [3.8, 4) is 16.9 Å². The summed E-state index contributed by atoms with van der Waals surface area (Å²) in [4.78, 5) is 12.6. The van der Waals surface area contributed by atoms with Gasteiger partial charge in [-0.3, -0.25) is 4.79 Å².